The van der Waals surface area contributed by atoms with Crippen LogP contribution in [0.5, 0.6) is 0 Å². The minimum Gasteiger partial charge on any atom is -0.392 e. The molecule has 0 atom stereocenters. The van der Waals surface area contributed by atoms with Crippen molar-refractivity contribution in [1.29, 1.82) is 0 Å². The molecule has 0 saturated heterocycles. The lowest BCUT2D eigenvalue weighted by atomic mass is 10.0. The van der Waals surface area contributed by atoms with Gasteiger partial charge >= 0.3 is 0 Å². The first-order valence-electron chi connectivity index (χ1n) is 6.09. The minimum absolute atomic E-state index is 0.0820. The van der Waals surface area contributed by atoms with Crippen LogP contribution in [0.1, 0.15) is 32.3 Å². The van der Waals surface area contributed by atoms with Crippen molar-refractivity contribution in [3.05, 3.63) is 29.8 Å². The molecule has 2 N–H and O–H groups in total. The van der Waals surface area contributed by atoms with Crippen LogP contribution in [0.3, 0.4) is 0 Å². The third-order valence-corrected chi connectivity index (χ3v) is 5.10. The van der Waals surface area contributed by atoms with Crippen LogP contribution in [0.15, 0.2) is 29.2 Å². The Kier molecular flexibility index (Phi) is 3.49. The van der Waals surface area contributed by atoms with Crippen molar-refractivity contribution in [3.8, 4) is 0 Å². The fourth-order valence-electron chi connectivity index (χ4n) is 2.07. The van der Waals surface area contributed by atoms with Crippen LogP contribution in [-0.4, -0.2) is 19.1 Å². The van der Waals surface area contributed by atoms with E-state index in [2.05, 4.69) is 4.72 Å². The molecule has 4 nitrogen and oxygen atoms in total. The van der Waals surface area contributed by atoms with Crippen molar-refractivity contribution in [1.82, 2.24) is 4.72 Å². The van der Waals surface area contributed by atoms with E-state index < -0.39 is 15.6 Å². The fraction of sp³-hybridized carbons (Fsp3) is 0.538. The average Bonchev–Trinajstić information content (AvgIpc) is 3.12. The first-order valence-corrected chi connectivity index (χ1v) is 7.57. The van der Waals surface area contributed by atoms with E-state index in [4.69, 9.17) is 5.11 Å². The molecule has 0 aromatic heterocycles. The zero-order chi connectivity index (χ0) is 13.4. The minimum atomic E-state index is -3.48. The van der Waals surface area contributed by atoms with Crippen LogP contribution in [0.4, 0.5) is 0 Å². The summed E-state index contributed by atoms with van der Waals surface area (Å²) in [7, 11) is -3.48. The number of aliphatic hydroxyl groups excluding tert-OH is 1. The molecule has 0 aliphatic heterocycles. The Morgan fingerprint density at radius 3 is 2.28 bits per heavy atom. The quantitative estimate of drug-likeness (QED) is 0.854. The van der Waals surface area contributed by atoms with E-state index in [1.807, 2.05) is 13.8 Å². The maximum absolute atomic E-state index is 12.2. The topological polar surface area (TPSA) is 66.4 Å². The standard InChI is InChI=1S/C13H19NO3S/c1-13(2,11-5-6-11)14-18(16,17)12-7-3-10(9-15)4-8-12/h3-4,7-8,11,14-15H,5-6,9H2,1-2H3. The molecular weight excluding hydrogens is 250 g/mol. The molecule has 18 heavy (non-hydrogen) atoms. The summed E-state index contributed by atoms with van der Waals surface area (Å²) in [5.41, 5.74) is 0.310. The SMILES string of the molecule is CC(C)(NS(=O)(=O)c1ccc(CO)cc1)C1CC1. The Morgan fingerprint density at radius 2 is 1.83 bits per heavy atom. The third-order valence-electron chi connectivity index (χ3n) is 3.41. The lowest BCUT2D eigenvalue weighted by molar-refractivity contribution is 0.281. The van der Waals surface area contributed by atoms with E-state index in [1.165, 1.54) is 12.1 Å². The highest BCUT2D eigenvalue weighted by atomic mass is 32.2. The van der Waals surface area contributed by atoms with Crippen molar-refractivity contribution >= 4 is 10.0 Å². The molecule has 1 saturated carbocycles. The van der Waals surface area contributed by atoms with Crippen LogP contribution in [0.2, 0.25) is 0 Å². The Morgan fingerprint density at radius 1 is 1.28 bits per heavy atom. The monoisotopic (exact) mass is 269 g/mol. The van der Waals surface area contributed by atoms with Crippen LogP contribution >= 0.6 is 0 Å². The predicted octanol–water partition coefficient (Wildman–Crippen LogP) is 1.65. The maximum Gasteiger partial charge on any atom is 0.241 e. The molecule has 0 radical (unpaired) electrons. The smallest absolute Gasteiger partial charge is 0.241 e. The summed E-state index contributed by atoms with van der Waals surface area (Å²) in [5.74, 6) is 0.434. The van der Waals surface area contributed by atoms with Crippen LogP contribution < -0.4 is 4.72 Å². The van der Waals surface area contributed by atoms with Gasteiger partial charge in [-0.05, 0) is 50.3 Å². The molecule has 1 aromatic carbocycles. The summed E-state index contributed by atoms with van der Waals surface area (Å²) in [6.45, 7) is 3.76. The van der Waals surface area contributed by atoms with Gasteiger partial charge < -0.3 is 5.11 Å². The highest BCUT2D eigenvalue weighted by Crippen LogP contribution is 2.39. The van der Waals surface area contributed by atoms with Crippen molar-refractivity contribution in [2.75, 3.05) is 0 Å². The number of hydrogen-bond acceptors (Lipinski definition) is 3. The van der Waals surface area contributed by atoms with E-state index >= 15 is 0 Å². The van der Waals surface area contributed by atoms with Gasteiger partial charge in [-0.2, -0.15) is 0 Å². The van der Waals surface area contributed by atoms with E-state index in [9.17, 15) is 8.42 Å². The number of rotatable bonds is 5. The van der Waals surface area contributed by atoms with Gasteiger partial charge in [0.25, 0.3) is 0 Å². The number of hydrogen-bond donors (Lipinski definition) is 2. The van der Waals surface area contributed by atoms with Crippen LogP contribution in [0, 0.1) is 5.92 Å². The molecule has 2 rings (SSSR count). The van der Waals surface area contributed by atoms with Crippen molar-refractivity contribution in [2.45, 2.75) is 43.7 Å². The summed E-state index contributed by atoms with van der Waals surface area (Å²) in [4.78, 5) is 0.244. The van der Waals surface area contributed by atoms with Crippen LogP contribution in [0.25, 0.3) is 0 Å². The van der Waals surface area contributed by atoms with E-state index in [1.54, 1.807) is 12.1 Å². The molecule has 0 bridgehead atoms. The highest BCUT2D eigenvalue weighted by molar-refractivity contribution is 7.89. The van der Waals surface area contributed by atoms with Crippen molar-refractivity contribution in [3.63, 3.8) is 0 Å². The average molecular weight is 269 g/mol. The van der Waals surface area contributed by atoms with Gasteiger partial charge in [-0.25, -0.2) is 13.1 Å². The van der Waals surface area contributed by atoms with Crippen LogP contribution in [-0.2, 0) is 16.6 Å². The normalized spacial score (nSPS) is 16.8. The Bertz CT molecular complexity index is 516. The van der Waals surface area contributed by atoms with E-state index in [0.717, 1.165) is 12.8 Å². The number of nitrogens with one attached hydrogen (secondary N) is 1. The molecular formula is C13H19NO3S. The van der Waals surface area contributed by atoms with Gasteiger partial charge in [0.05, 0.1) is 11.5 Å². The number of sulfonamides is 1. The summed E-state index contributed by atoms with van der Waals surface area (Å²) < 4.78 is 27.2. The predicted molar refractivity (Wildman–Crippen MR) is 69.5 cm³/mol. The molecule has 0 spiro atoms. The Hall–Kier alpha value is -0.910. The van der Waals surface area contributed by atoms with Gasteiger partial charge in [0.1, 0.15) is 0 Å². The molecule has 1 aliphatic rings. The molecule has 0 heterocycles. The molecule has 0 unspecified atom stereocenters. The van der Waals surface area contributed by atoms with E-state index in [-0.39, 0.29) is 11.5 Å². The summed E-state index contributed by atoms with van der Waals surface area (Å²) in [5, 5.41) is 8.93. The van der Waals surface area contributed by atoms with Crippen molar-refractivity contribution < 1.29 is 13.5 Å². The first kappa shape index (κ1) is 13.5. The second-order valence-electron chi connectivity index (χ2n) is 5.40. The summed E-state index contributed by atoms with van der Waals surface area (Å²) in [6.07, 6.45) is 2.16. The summed E-state index contributed by atoms with van der Waals surface area (Å²) >= 11 is 0. The first-order chi connectivity index (χ1) is 8.35. The lowest BCUT2D eigenvalue weighted by Gasteiger charge is -2.25. The molecule has 5 heteroatoms. The molecule has 1 aliphatic carbocycles. The fourth-order valence-corrected chi connectivity index (χ4v) is 3.54. The third kappa shape index (κ3) is 2.91. The molecule has 1 aromatic rings. The van der Waals surface area contributed by atoms with Gasteiger partial charge in [-0.1, -0.05) is 12.1 Å². The highest BCUT2D eigenvalue weighted by Gasteiger charge is 2.40. The largest absolute Gasteiger partial charge is 0.392 e. The second kappa shape index (κ2) is 4.64. The Balaban J connectivity index is 2.19. The molecule has 1 fully saturated rings. The summed E-state index contributed by atoms with van der Waals surface area (Å²) in [6, 6.07) is 6.30. The maximum atomic E-state index is 12.2. The number of benzene rings is 1. The van der Waals surface area contributed by atoms with Gasteiger partial charge in [-0.3, -0.25) is 0 Å². The zero-order valence-electron chi connectivity index (χ0n) is 10.7. The van der Waals surface area contributed by atoms with Crippen molar-refractivity contribution in [2.24, 2.45) is 5.92 Å². The molecule has 100 valence electrons. The van der Waals surface area contributed by atoms with Gasteiger partial charge in [0.15, 0.2) is 0 Å². The number of aliphatic hydroxyl groups is 1. The zero-order valence-corrected chi connectivity index (χ0v) is 11.5. The van der Waals surface area contributed by atoms with Gasteiger partial charge in [0.2, 0.25) is 10.0 Å². The van der Waals surface area contributed by atoms with Gasteiger partial charge in [-0.15, -0.1) is 0 Å². The van der Waals surface area contributed by atoms with Gasteiger partial charge in [0, 0.05) is 5.54 Å². The van der Waals surface area contributed by atoms with E-state index in [0.29, 0.717) is 11.5 Å². The Labute approximate surface area is 108 Å². The second-order valence-corrected chi connectivity index (χ2v) is 7.09. The lowest BCUT2D eigenvalue weighted by Crippen LogP contribution is -2.45. The molecule has 0 amide bonds.